The molecule has 0 aromatic carbocycles. The molecule has 0 bridgehead atoms. The Bertz CT molecular complexity index is 1120. The molecule has 6 amide bonds. The molecule has 10 N–H and O–H groups in total. The Morgan fingerprint density at radius 1 is 0.804 bits per heavy atom. The largest absolute Gasteiger partial charge is 0.480 e. The van der Waals surface area contributed by atoms with Crippen molar-refractivity contribution < 1.29 is 57.4 Å². The maximum atomic E-state index is 14.1. The second kappa shape index (κ2) is 20.0. The number of aliphatic hydroxyl groups is 1. The number of nitrogens with one attached hydrogen (secondary N) is 6. The molecular weight excluding hydrogens is 620 g/mol. The molecule has 0 rings (SSSR count). The van der Waals surface area contributed by atoms with Crippen LogP contribution in [0.4, 0.5) is 8.78 Å². The molecule has 0 aromatic rings. The summed E-state index contributed by atoms with van der Waals surface area (Å²) >= 11 is 0. The van der Waals surface area contributed by atoms with Crippen LogP contribution in [-0.4, -0.2) is 113 Å². The van der Waals surface area contributed by atoms with Gasteiger partial charge in [0.25, 0.3) is 5.91 Å². The summed E-state index contributed by atoms with van der Waals surface area (Å²) in [7, 11) is 0. The van der Waals surface area contributed by atoms with E-state index in [2.05, 4.69) is 21.3 Å². The van der Waals surface area contributed by atoms with Gasteiger partial charge in [0.2, 0.25) is 35.3 Å². The van der Waals surface area contributed by atoms with Crippen molar-refractivity contribution in [1.29, 1.82) is 0 Å². The molecule has 262 valence electrons. The highest BCUT2D eigenvalue weighted by Gasteiger charge is 2.49. The molecule has 17 nitrogen and oxygen atoms in total. The van der Waals surface area contributed by atoms with Gasteiger partial charge in [-0.1, -0.05) is 20.3 Å². The van der Waals surface area contributed by atoms with E-state index in [-0.39, 0.29) is 6.42 Å². The number of amides is 6. The fourth-order valence-electron chi connectivity index (χ4n) is 3.90. The van der Waals surface area contributed by atoms with Gasteiger partial charge in [0.05, 0.1) is 18.7 Å². The summed E-state index contributed by atoms with van der Waals surface area (Å²) in [5.74, 6) is -15.3. The monoisotopic (exact) mass is 665 g/mol. The lowest BCUT2D eigenvalue weighted by molar-refractivity contribution is -0.161. The van der Waals surface area contributed by atoms with Gasteiger partial charge in [-0.25, -0.2) is 0 Å². The van der Waals surface area contributed by atoms with E-state index in [1.165, 1.54) is 12.2 Å². The van der Waals surface area contributed by atoms with Crippen molar-refractivity contribution in [3.05, 3.63) is 0 Å². The van der Waals surface area contributed by atoms with Crippen LogP contribution in [0.15, 0.2) is 0 Å². The van der Waals surface area contributed by atoms with E-state index in [0.29, 0.717) is 25.8 Å². The van der Waals surface area contributed by atoms with E-state index in [1.807, 2.05) is 5.32 Å². The zero-order valence-corrected chi connectivity index (χ0v) is 26.4. The number of halogens is 2. The molecule has 0 unspecified atom stereocenters. The van der Waals surface area contributed by atoms with Crippen LogP contribution >= 0.6 is 0 Å². The number of rotatable bonds is 21. The van der Waals surface area contributed by atoms with Gasteiger partial charge < -0.3 is 47.8 Å². The number of hydrogen-bond acceptors (Lipinski definition) is 10. The van der Waals surface area contributed by atoms with Crippen LogP contribution in [0.3, 0.4) is 0 Å². The number of carbonyl (C=O) groups is 8. The predicted octanol–water partition coefficient (Wildman–Crippen LogP) is -2.96. The first-order chi connectivity index (χ1) is 21.3. The van der Waals surface area contributed by atoms with Crippen LogP contribution in [0.1, 0.15) is 60.3 Å². The second-order valence-corrected chi connectivity index (χ2v) is 10.7. The van der Waals surface area contributed by atoms with Crippen molar-refractivity contribution in [2.45, 2.75) is 96.5 Å². The minimum absolute atomic E-state index is 0.248. The molecule has 0 fully saturated rings. The number of ketones is 1. The Balaban J connectivity index is 5.47. The Morgan fingerprint density at radius 3 is 1.89 bits per heavy atom. The molecule has 0 radical (unpaired) electrons. The molecule has 0 saturated heterocycles. The fraction of sp³-hybridized carbons (Fsp3) is 0.704. The summed E-state index contributed by atoms with van der Waals surface area (Å²) in [6.07, 6.45) is 0.240. The van der Waals surface area contributed by atoms with Gasteiger partial charge in [0.1, 0.15) is 24.7 Å². The van der Waals surface area contributed by atoms with E-state index in [4.69, 9.17) is 10.8 Å². The molecule has 0 heterocycles. The van der Waals surface area contributed by atoms with Crippen LogP contribution in [0, 0.1) is 5.92 Å². The highest BCUT2D eigenvalue weighted by Crippen LogP contribution is 2.17. The summed E-state index contributed by atoms with van der Waals surface area (Å²) in [4.78, 5) is 96.9. The number of unbranched alkanes of at least 4 members (excludes halogenated alkanes) is 1. The lowest BCUT2D eigenvalue weighted by Crippen LogP contribution is -2.60. The van der Waals surface area contributed by atoms with Gasteiger partial charge in [-0.3, -0.25) is 38.4 Å². The van der Waals surface area contributed by atoms with Crippen LogP contribution in [0.25, 0.3) is 0 Å². The normalized spacial score (nSPS) is 15.1. The molecule has 0 aliphatic rings. The molecule has 0 saturated carbocycles. The van der Waals surface area contributed by atoms with Crippen molar-refractivity contribution in [3.8, 4) is 0 Å². The number of alkyl halides is 2. The van der Waals surface area contributed by atoms with Crippen molar-refractivity contribution in [1.82, 2.24) is 31.9 Å². The van der Waals surface area contributed by atoms with Crippen molar-refractivity contribution in [2.24, 2.45) is 11.7 Å². The van der Waals surface area contributed by atoms with E-state index in [0.717, 1.165) is 13.8 Å². The topological polar surface area (TPSA) is 275 Å². The number of hydrogen-bond donors (Lipinski definition) is 9. The number of carbonyl (C=O) groups excluding carboxylic acids is 7. The zero-order valence-electron chi connectivity index (χ0n) is 26.4. The van der Waals surface area contributed by atoms with Gasteiger partial charge in [0, 0.05) is 6.92 Å². The smallest absolute Gasteiger partial charge is 0.383 e. The molecule has 19 heteroatoms. The van der Waals surface area contributed by atoms with E-state index < -0.39 is 102 Å². The van der Waals surface area contributed by atoms with Crippen LogP contribution in [0.5, 0.6) is 0 Å². The average Bonchev–Trinajstić information content (AvgIpc) is 2.97. The van der Waals surface area contributed by atoms with Gasteiger partial charge in [-0.2, -0.15) is 8.78 Å². The first-order valence-corrected chi connectivity index (χ1v) is 14.5. The maximum absolute atomic E-state index is 14.1. The van der Waals surface area contributed by atoms with E-state index in [9.17, 15) is 52.2 Å². The zero-order chi connectivity index (χ0) is 35.8. The Morgan fingerprint density at radius 2 is 1.39 bits per heavy atom. The first-order valence-electron chi connectivity index (χ1n) is 14.5. The Kier molecular flexibility index (Phi) is 18.1. The van der Waals surface area contributed by atoms with Gasteiger partial charge in [-0.05, 0) is 45.6 Å². The highest BCUT2D eigenvalue weighted by molar-refractivity contribution is 6.10. The maximum Gasteiger partial charge on any atom is 0.383 e. The summed E-state index contributed by atoms with van der Waals surface area (Å²) < 4.78 is 28.2. The lowest BCUT2D eigenvalue weighted by atomic mass is 9.96. The number of carboxylic acid groups (broad SMARTS) is 1. The SMILES string of the molecule is CC[C@H](C)[C@H](NC(=O)[C@H](CCCCN)NC(C)=O)C(=O)N[C@H](C(=O)NCC(=O)N[C@@H](C)C(=O)C(F)(F)C(=O)NCC(=O)O)[C@H](C)O. The Hall–Kier alpha value is -4.26. The molecule has 0 aliphatic carbocycles. The molecule has 6 atom stereocenters. The number of Topliss-reactive ketones (excluding diaryl/α,β-unsaturated/α-hetero) is 1. The highest BCUT2D eigenvalue weighted by atomic mass is 19.3. The first kappa shape index (κ1) is 41.7. The summed E-state index contributed by atoms with van der Waals surface area (Å²) in [5.41, 5.74) is 5.49. The van der Waals surface area contributed by atoms with Gasteiger partial charge in [0.15, 0.2) is 0 Å². The predicted molar refractivity (Wildman–Crippen MR) is 157 cm³/mol. The lowest BCUT2D eigenvalue weighted by Gasteiger charge is -2.29. The minimum Gasteiger partial charge on any atom is -0.480 e. The number of aliphatic hydroxyl groups excluding tert-OH is 1. The molecule has 0 spiro atoms. The molecule has 0 aromatic heterocycles. The molecular formula is C27H45F2N7O10. The standard InChI is InChI=1S/C27H45F2N7O10/c1-6-13(2)20(35-23(43)17(34-16(5)38)9-7-8-10-30)25(45)36-21(15(4)37)24(44)31-11-18(39)33-14(3)22(42)27(28,29)26(46)32-12-19(40)41/h13-15,17,20-21,37H,6-12,30H2,1-5H3,(H,31,44)(H,32,46)(H,33,39)(H,34,38)(H,35,43)(H,36,45)(H,40,41)/t13-,14-,15-,17-,20-,21-/m0/s1. The third-order valence-corrected chi connectivity index (χ3v) is 6.69. The second-order valence-electron chi connectivity index (χ2n) is 10.7. The average molecular weight is 666 g/mol. The molecule has 46 heavy (non-hydrogen) atoms. The fourth-order valence-corrected chi connectivity index (χ4v) is 3.90. The quantitative estimate of drug-likeness (QED) is 0.0441. The molecule has 0 aliphatic heterocycles. The summed E-state index contributed by atoms with van der Waals surface area (Å²) in [6.45, 7) is 4.90. The minimum atomic E-state index is -4.68. The van der Waals surface area contributed by atoms with Crippen LogP contribution in [0.2, 0.25) is 0 Å². The van der Waals surface area contributed by atoms with Gasteiger partial charge in [-0.15, -0.1) is 0 Å². The van der Waals surface area contributed by atoms with E-state index in [1.54, 1.807) is 13.8 Å². The third-order valence-electron chi connectivity index (χ3n) is 6.69. The van der Waals surface area contributed by atoms with Crippen molar-refractivity contribution in [2.75, 3.05) is 19.6 Å². The number of nitrogens with two attached hydrogens (primary N) is 1. The number of aliphatic carboxylic acids is 1. The summed E-state index contributed by atoms with van der Waals surface area (Å²) in [5, 5.41) is 31.4. The summed E-state index contributed by atoms with van der Waals surface area (Å²) in [6, 6.07) is -5.77. The van der Waals surface area contributed by atoms with Crippen LogP contribution < -0.4 is 37.6 Å². The van der Waals surface area contributed by atoms with Crippen LogP contribution in [-0.2, 0) is 38.4 Å². The third kappa shape index (κ3) is 14.2. The van der Waals surface area contributed by atoms with Gasteiger partial charge >= 0.3 is 11.9 Å². The van der Waals surface area contributed by atoms with E-state index >= 15 is 0 Å². The van der Waals surface area contributed by atoms with Crippen molar-refractivity contribution >= 4 is 47.2 Å². The van der Waals surface area contributed by atoms with Crippen molar-refractivity contribution in [3.63, 3.8) is 0 Å². The number of carboxylic acids is 1. The Labute approximate surface area is 264 Å².